The molecule has 1 N–H and O–H groups in total. The Hall–Kier alpha value is -1.10. The van der Waals surface area contributed by atoms with Crippen LogP contribution in [0, 0.1) is 5.92 Å². The van der Waals surface area contributed by atoms with Gasteiger partial charge in [0.05, 0.1) is 0 Å². The molecular weight excluding hydrogens is 266 g/mol. The molecule has 21 heavy (non-hydrogen) atoms. The zero-order valence-corrected chi connectivity index (χ0v) is 13.2. The molecule has 2 amide bonds. The Labute approximate surface area is 127 Å². The zero-order valence-electron chi connectivity index (χ0n) is 13.2. The molecule has 2 aliphatic heterocycles. The number of amides is 2. The third kappa shape index (κ3) is 3.07. The molecule has 0 bridgehead atoms. The molecule has 5 heteroatoms. The summed E-state index contributed by atoms with van der Waals surface area (Å²) in [5.41, 5.74) is 0. The van der Waals surface area contributed by atoms with E-state index in [0.717, 1.165) is 32.0 Å². The van der Waals surface area contributed by atoms with Crippen molar-refractivity contribution < 1.29 is 9.59 Å². The third-order valence-electron chi connectivity index (χ3n) is 5.36. The number of rotatable bonds is 4. The average Bonchev–Trinajstić information content (AvgIpc) is 3.24. The van der Waals surface area contributed by atoms with Gasteiger partial charge in [-0.1, -0.05) is 20.3 Å². The molecule has 1 aliphatic carbocycles. The molecule has 2 heterocycles. The van der Waals surface area contributed by atoms with Crippen molar-refractivity contribution in [1.29, 1.82) is 0 Å². The highest BCUT2D eigenvalue weighted by Gasteiger charge is 2.41. The lowest BCUT2D eigenvalue weighted by Gasteiger charge is -2.31. The summed E-state index contributed by atoms with van der Waals surface area (Å²) in [7, 11) is 0. The zero-order chi connectivity index (χ0) is 15.0. The van der Waals surface area contributed by atoms with Crippen LogP contribution in [-0.4, -0.2) is 59.4 Å². The highest BCUT2D eigenvalue weighted by molar-refractivity contribution is 5.90. The van der Waals surface area contributed by atoms with Crippen LogP contribution in [0.2, 0.25) is 0 Å². The van der Waals surface area contributed by atoms with E-state index in [4.69, 9.17) is 0 Å². The number of carbonyl (C=O) groups is 2. The number of nitrogens with one attached hydrogen (secondary N) is 1. The Balaban J connectivity index is 1.70. The Bertz CT molecular complexity index is 422. The van der Waals surface area contributed by atoms with E-state index < -0.39 is 0 Å². The van der Waals surface area contributed by atoms with Crippen molar-refractivity contribution in [2.75, 3.05) is 19.6 Å². The predicted molar refractivity (Wildman–Crippen MR) is 80.7 cm³/mol. The van der Waals surface area contributed by atoms with Gasteiger partial charge in [0.1, 0.15) is 6.04 Å². The first-order valence-electron chi connectivity index (χ1n) is 8.44. The van der Waals surface area contributed by atoms with Gasteiger partial charge in [-0.25, -0.2) is 0 Å². The number of nitrogens with zero attached hydrogens (tertiary/aromatic N) is 2. The lowest BCUT2D eigenvalue weighted by atomic mass is 9.97. The van der Waals surface area contributed by atoms with Crippen molar-refractivity contribution >= 4 is 11.8 Å². The molecule has 2 saturated heterocycles. The smallest absolute Gasteiger partial charge is 0.245 e. The first kappa shape index (κ1) is 14.8. The van der Waals surface area contributed by atoms with Crippen molar-refractivity contribution in [3.05, 3.63) is 0 Å². The number of hydrogen-bond acceptors (Lipinski definition) is 3. The van der Waals surface area contributed by atoms with E-state index in [9.17, 15) is 9.59 Å². The Morgan fingerprint density at radius 1 is 1.19 bits per heavy atom. The number of hydrogen-bond donors (Lipinski definition) is 1. The third-order valence-corrected chi connectivity index (χ3v) is 5.36. The first-order chi connectivity index (χ1) is 10.1. The van der Waals surface area contributed by atoms with Gasteiger partial charge >= 0.3 is 0 Å². The highest BCUT2D eigenvalue weighted by Crippen LogP contribution is 2.31. The van der Waals surface area contributed by atoms with Crippen molar-refractivity contribution in [2.45, 2.75) is 64.1 Å². The summed E-state index contributed by atoms with van der Waals surface area (Å²) in [6.45, 7) is 6.81. The molecule has 0 aromatic rings. The van der Waals surface area contributed by atoms with Gasteiger partial charge in [-0.15, -0.1) is 0 Å². The van der Waals surface area contributed by atoms with Gasteiger partial charge in [0, 0.05) is 38.1 Å². The van der Waals surface area contributed by atoms with Crippen LogP contribution in [0.5, 0.6) is 0 Å². The minimum atomic E-state index is -0.333. The van der Waals surface area contributed by atoms with E-state index in [0.29, 0.717) is 19.0 Å². The maximum Gasteiger partial charge on any atom is 0.245 e. The molecule has 3 rings (SSSR count). The highest BCUT2D eigenvalue weighted by atomic mass is 16.2. The second-order valence-electron chi connectivity index (χ2n) is 6.88. The first-order valence-corrected chi connectivity index (χ1v) is 8.44. The van der Waals surface area contributed by atoms with Gasteiger partial charge in [0.2, 0.25) is 11.8 Å². The van der Waals surface area contributed by atoms with Gasteiger partial charge in [-0.2, -0.15) is 0 Å². The SMILES string of the molecule is CCC(C)C1NC(=O)CCN(C2CCN(C3CC3)C2)C1=O. The van der Waals surface area contributed by atoms with Gasteiger partial charge in [0.15, 0.2) is 0 Å². The molecule has 3 fully saturated rings. The number of carbonyl (C=O) groups excluding carboxylic acids is 2. The maximum atomic E-state index is 12.9. The molecule has 0 spiro atoms. The largest absolute Gasteiger partial charge is 0.344 e. The summed E-state index contributed by atoms with van der Waals surface area (Å²) in [6.07, 6.45) is 5.04. The summed E-state index contributed by atoms with van der Waals surface area (Å²) in [5.74, 6) is 0.356. The summed E-state index contributed by atoms with van der Waals surface area (Å²) >= 11 is 0. The Morgan fingerprint density at radius 2 is 1.95 bits per heavy atom. The summed E-state index contributed by atoms with van der Waals surface area (Å²) < 4.78 is 0. The number of likely N-dealkylation sites (tertiary alicyclic amines) is 1. The van der Waals surface area contributed by atoms with Gasteiger partial charge in [0.25, 0.3) is 0 Å². The van der Waals surface area contributed by atoms with Crippen LogP contribution in [0.25, 0.3) is 0 Å². The minimum Gasteiger partial charge on any atom is -0.344 e. The second kappa shape index (κ2) is 5.95. The van der Waals surface area contributed by atoms with Crippen molar-refractivity contribution in [1.82, 2.24) is 15.1 Å². The van der Waals surface area contributed by atoms with Crippen LogP contribution in [0.4, 0.5) is 0 Å². The molecule has 0 radical (unpaired) electrons. The Morgan fingerprint density at radius 3 is 2.62 bits per heavy atom. The van der Waals surface area contributed by atoms with Gasteiger partial charge < -0.3 is 10.2 Å². The van der Waals surface area contributed by atoms with E-state index in [-0.39, 0.29) is 23.8 Å². The van der Waals surface area contributed by atoms with Crippen LogP contribution >= 0.6 is 0 Å². The van der Waals surface area contributed by atoms with Crippen LogP contribution in [-0.2, 0) is 9.59 Å². The molecule has 118 valence electrons. The van der Waals surface area contributed by atoms with E-state index in [1.54, 1.807) is 0 Å². The summed E-state index contributed by atoms with van der Waals surface area (Å²) in [6, 6.07) is 0.736. The van der Waals surface area contributed by atoms with Crippen LogP contribution in [0.15, 0.2) is 0 Å². The van der Waals surface area contributed by atoms with E-state index >= 15 is 0 Å². The predicted octanol–water partition coefficient (Wildman–Crippen LogP) is 0.986. The standard InChI is InChI=1S/C16H27N3O2/c1-3-11(2)15-16(21)19(9-7-14(20)17-15)13-6-8-18(10-13)12-4-5-12/h11-13,15H,3-10H2,1-2H3,(H,17,20). The topological polar surface area (TPSA) is 52.7 Å². The summed E-state index contributed by atoms with van der Waals surface area (Å²) in [5, 5.41) is 2.94. The monoisotopic (exact) mass is 293 g/mol. The molecular formula is C16H27N3O2. The quantitative estimate of drug-likeness (QED) is 0.841. The molecule has 1 saturated carbocycles. The van der Waals surface area contributed by atoms with E-state index in [2.05, 4.69) is 24.1 Å². The molecule has 5 nitrogen and oxygen atoms in total. The van der Waals surface area contributed by atoms with Crippen LogP contribution in [0.1, 0.15) is 46.0 Å². The second-order valence-corrected chi connectivity index (χ2v) is 6.88. The van der Waals surface area contributed by atoms with Gasteiger partial charge in [-0.3, -0.25) is 14.5 Å². The van der Waals surface area contributed by atoms with E-state index in [1.165, 1.54) is 12.8 Å². The van der Waals surface area contributed by atoms with Crippen LogP contribution in [0.3, 0.4) is 0 Å². The maximum absolute atomic E-state index is 12.9. The fraction of sp³-hybridized carbons (Fsp3) is 0.875. The Kier molecular flexibility index (Phi) is 4.20. The molecule has 3 atom stereocenters. The molecule has 3 aliphatic rings. The fourth-order valence-corrected chi connectivity index (χ4v) is 3.60. The molecule has 0 aromatic carbocycles. The van der Waals surface area contributed by atoms with Crippen LogP contribution < -0.4 is 5.32 Å². The minimum absolute atomic E-state index is 0.0215. The molecule has 3 unspecified atom stereocenters. The normalized spacial score (nSPS) is 33.0. The van der Waals surface area contributed by atoms with E-state index in [1.807, 2.05) is 4.90 Å². The molecule has 0 aromatic heterocycles. The summed E-state index contributed by atoms with van der Waals surface area (Å²) in [4.78, 5) is 29.3. The van der Waals surface area contributed by atoms with Gasteiger partial charge in [-0.05, 0) is 25.2 Å². The van der Waals surface area contributed by atoms with Crippen molar-refractivity contribution in [3.8, 4) is 0 Å². The van der Waals surface area contributed by atoms with Crippen molar-refractivity contribution in [2.24, 2.45) is 5.92 Å². The van der Waals surface area contributed by atoms with Crippen molar-refractivity contribution in [3.63, 3.8) is 0 Å². The lowest BCUT2D eigenvalue weighted by molar-refractivity contribution is -0.136. The fourth-order valence-electron chi connectivity index (χ4n) is 3.60. The average molecular weight is 293 g/mol. The lowest BCUT2D eigenvalue weighted by Crippen LogP contribution is -2.51.